The summed E-state index contributed by atoms with van der Waals surface area (Å²) in [6.45, 7) is 7.89. The number of rotatable bonds is 5. The first kappa shape index (κ1) is 18.5. The molecule has 3 rings (SSSR count). The van der Waals surface area contributed by atoms with Crippen LogP contribution in [0.15, 0.2) is 36.4 Å². The first-order valence-corrected chi connectivity index (χ1v) is 9.60. The molecule has 3 nitrogen and oxygen atoms in total. The predicted molar refractivity (Wildman–Crippen MR) is 106 cm³/mol. The fourth-order valence-electron chi connectivity index (χ4n) is 3.61. The van der Waals surface area contributed by atoms with Gasteiger partial charge in [0, 0.05) is 0 Å². The number of hydrogen-bond acceptors (Lipinski definition) is 2. The number of amides is 1. The van der Waals surface area contributed by atoms with Gasteiger partial charge < -0.3 is 10.1 Å². The summed E-state index contributed by atoms with van der Waals surface area (Å²) in [5.74, 6) is 0.676. The quantitative estimate of drug-likeness (QED) is 0.838. The summed E-state index contributed by atoms with van der Waals surface area (Å²) in [5.41, 5.74) is 6.30. The molecule has 0 saturated heterocycles. The maximum Gasteiger partial charge on any atom is 0.261 e. The van der Waals surface area contributed by atoms with E-state index in [0.717, 1.165) is 23.3 Å². The number of carbonyl (C=O) groups excluding carboxylic acids is 1. The van der Waals surface area contributed by atoms with Gasteiger partial charge in [0.15, 0.2) is 6.10 Å². The van der Waals surface area contributed by atoms with Crippen LogP contribution in [0.4, 0.5) is 0 Å². The molecule has 1 N–H and O–H groups in total. The minimum absolute atomic E-state index is 0.0279. The molecule has 2 aromatic rings. The normalized spacial score (nSPS) is 15.7. The molecule has 0 spiro atoms. The zero-order chi connectivity index (χ0) is 18.7. The lowest BCUT2D eigenvalue weighted by molar-refractivity contribution is -0.127. The lowest BCUT2D eigenvalue weighted by Gasteiger charge is -2.22. The molecule has 0 fully saturated rings. The molecule has 0 saturated carbocycles. The molecule has 1 amide bonds. The van der Waals surface area contributed by atoms with Gasteiger partial charge in [-0.25, -0.2) is 0 Å². The average Bonchev–Trinajstić information content (AvgIpc) is 2.63. The topological polar surface area (TPSA) is 38.3 Å². The van der Waals surface area contributed by atoms with Crippen LogP contribution in [0, 0.1) is 13.8 Å². The number of hydrogen-bond donors (Lipinski definition) is 1. The fourth-order valence-corrected chi connectivity index (χ4v) is 3.61. The Hall–Kier alpha value is -2.29. The van der Waals surface area contributed by atoms with Crippen molar-refractivity contribution >= 4 is 5.91 Å². The molecule has 3 heteroatoms. The van der Waals surface area contributed by atoms with E-state index in [9.17, 15) is 4.79 Å². The van der Waals surface area contributed by atoms with E-state index < -0.39 is 6.10 Å². The molecule has 0 aromatic heterocycles. The standard InChI is InChI=1S/C23H29NO2/c1-15-9-12-22(16(2)13-15)26-18(4)23(25)24-17(3)20-11-10-19-7-5-6-8-21(19)14-20/h9-14,17-18H,5-8H2,1-4H3,(H,24,25)/t17-,18+/m1/s1. The summed E-state index contributed by atoms with van der Waals surface area (Å²) >= 11 is 0. The molecule has 0 bridgehead atoms. The Bertz CT molecular complexity index is 797. The second-order valence-electron chi connectivity index (χ2n) is 7.49. The van der Waals surface area contributed by atoms with E-state index in [1.54, 1.807) is 6.92 Å². The van der Waals surface area contributed by atoms with Crippen LogP contribution in [0.25, 0.3) is 0 Å². The Balaban J connectivity index is 1.63. The summed E-state index contributed by atoms with van der Waals surface area (Å²) < 4.78 is 5.88. The monoisotopic (exact) mass is 351 g/mol. The molecular formula is C23H29NO2. The van der Waals surface area contributed by atoms with Gasteiger partial charge in [0.1, 0.15) is 5.75 Å². The van der Waals surface area contributed by atoms with Gasteiger partial charge in [-0.3, -0.25) is 4.79 Å². The number of carbonyl (C=O) groups is 1. The van der Waals surface area contributed by atoms with Gasteiger partial charge in [0.05, 0.1) is 6.04 Å². The average molecular weight is 351 g/mol. The Kier molecular flexibility index (Phi) is 5.65. The van der Waals surface area contributed by atoms with Gasteiger partial charge in [0.25, 0.3) is 5.91 Å². The van der Waals surface area contributed by atoms with Crippen molar-refractivity contribution in [2.24, 2.45) is 0 Å². The minimum atomic E-state index is -0.531. The van der Waals surface area contributed by atoms with E-state index in [2.05, 4.69) is 29.6 Å². The van der Waals surface area contributed by atoms with Crippen LogP contribution in [0.1, 0.15) is 60.5 Å². The molecule has 26 heavy (non-hydrogen) atoms. The lowest BCUT2D eigenvalue weighted by Crippen LogP contribution is -2.37. The zero-order valence-corrected chi connectivity index (χ0v) is 16.3. The van der Waals surface area contributed by atoms with Crippen molar-refractivity contribution in [3.63, 3.8) is 0 Å². The number of ether oxygens (including phenoxy) is 1. The Morgan fingerprint density at radius 3 is 2.46 bits per heavy atom. The second-order valence-corrected chi connectivity index (χ2v) is 7.49. The number of nitrogens with one attached hydrogen (secondary N) is 1. The zero-order valence-electron chi connectivity index (χ0n) is 16.3. The Labute approximate surface area is 156 Å². The van der Waals surface area contributed by atoms with E-state index in [1.165, 1.54) is 36.0 Å². The van der Waals surface area contributed by atoms with Crippen LogP contribution in [-0.4, -0.2) is 12.0 Å². The van der Waals surface area contributed by atoms with Crippen molar-refractivity contribution in [1.82, 2.24) is 5.32 Å². The van der Waals surface area contributed by atoms with E-state index in [4.69, 9.17) is 4.74 Å². The summed E-state index contributed by atoms with van der Waals surface area (Å²) in [7, 11) is 0. The highest BCUT2D eigenvalue weighted by atomic mass is 16.5. The van der Waals surface area contributed by atoms with Crippen LogP contribution in [0.5, 0.6) is 5.75 Å². The molecule has 0 unspecified atom stereocenters. The molecule has 138 valence electrons. The Morgan fingerprint density at radius 1 is 1.00 bits per heavy atom. The van der Waals surface area contributed by atoms with Crippen molar-refractivity contribution in [3.05, 3.63) is 64.2 Å². The summed E-state index contributed by atoms with van der Waals surface area (Å²) in [4.78, 5) is 12.6. The van der Waals surface area contributed by atoms with Gasteiger partial charge in [-0.05, 0) is 81.7 Å². The summed E-state index contributed by atoms with van der Waals surface area (Å²) in [5, 5.41) is 3.09. The summed E-state index contributed by atoms with van der Waals surface area (Å²) in [6.07, 6.45) is 4.34. The van der Waals surface area contributed by atoms with Gasteiger partial charge in [-0.15, -0.1) is 0 Å². The van der Waals surface area contributed by atoms with Crippen LogP contribution in [-0.2, 0) is 17.6 Å². The molecule has 0 heterocycles. The van der Waals surface area contributed by atoms with Crippen molar-refractivity contribution in [2.45, 2.75) is 65.5 Å². The largest absolute Gasteiger partial charge is 0.481 e. The maximum absolute atomic E-state index is 12.6. The molecule has 0 radical (unpaired) electrons. The first-order valence-electron chi connectivity index (χ1n) is 9.60. The van der Waals surface area contributed by atoms with Crippen LogP contribution < -0.4 is 10.1 Å². The number of fused-ring (bicyclic) bond motifs is 1. The fraction of sp³-hybridized carbons (Fsp3) is 0.435. The highest BCUT2D eigenvalue weighted by molar-refractivity contribution is 5.81. The molecule has 2 atom stereocenters. The van der Waals surface area contributed by atoms with Crippen molar-refractivity contribution < 1.29 is 9.53 Å². The molecular weight excluding hydrogens is 322 g/mol. The van der Waals surface area contributed by atoms with Gasteiger partial charge in [-0.1, -0.05) is 35.9 Å². The van der Waals surface area contributed by atoms with Gasteiger partial charge in [-0.2, -0.15) is 0 Å². The highest BCUT2D eigenvalue weighted by Gasteiger charge is 2.19. The maximum atomic E-state index is 12.6. The lowest BCUT2D eigenvalue weighted by atomic mass is 9.89. The van der Waals surface area contributed by atoms with E-state index in [-0.39, 0.29) is 11.9 Å². The third-order valence-electron chi connectivity index (χ3n) is 5.23. The molecule has 1 aliphatic rings. The van der Waals surface area contributed by atoms with Crippen LogP contribution in [0.2, 0.25) is 0 Å². The van der Waals surface area contributed by atoms with Crippen LogP contribution in [0.3, 0.4) is 0 Å². The molecule has 0 aliphatic heterocycles. The van der Waals surface area contributed by atoms with Crippen molar-refractivity contribution in [3.8, 4) is 5.75 Å². The van der Waals surface area contributed by atoms with E-state index >= 15 is 0 Å². The van der Waals surface area contributed by atoms with E-state index in [1.807, 2.05) is 32.9 Å². The molecule has 2 aromatic carbocycles. The SMILES string of the molecule is Cc1ccc(O[C@@H](C)C(=O)N[C@H](C)c2ccc3c(c2)CCCC3)c(C)c1. The number of aryl methyl sites for hydroxylation is 4. The second kappa shape index (κ2) is 7.94. The van der Waals surface area contributed by atoms with Crippen LogP contribution >= 0.6 is 0 Å². The van der Waals surface area contributed by atoms with Gasteiger partial charge >= 0.3 is 0 Å². The van der Waals surface area contributed by atoms with Gasteiger partial charge in [0.2, 0.25) is 0 Å². The van der Waals surface area contributed by atoms with E-state index in [0.29, 0.717) is 0 Å². The minimum Gasteiger partial charge on any atom is -0.481 e. The molecule has 1 aliphatic carbocycles. The van der Waals surface area contributed by atoms with Crippen molar-refractivity contribution in [1.29, 1.82) is 0 Å². The number of benzene rings is 2. The first-order chi connectivity index (χ1) is 12.4. The highest BCUT2D eigenvalue weighted by Crippen LogP contribution is 2.25. The summed E-state index contributed by atoms with van der Waals surface area (Å²) in [6, 6.07) is 12.6. The third kappa shape index (κ3) is 4.27. The predicted octanol–water partition coefficient (Wildman–Crippen LogP) is 4.83. The third-order valence-corrected chi connectivity index (χ3v) is 5.23. The smallest absolute Gasteiger partial charge is 0.261 e. The Morgan fingerprint density at radius 2 is 1.73 bits per heavy atom. The van der Waals surface area contributed by atoms with Crippen molar-refractivity contribution in [2.75, 3.05) is 0 Å².